The van der Waals surface area contributed by atoms with Crippen molar-refractivity contribution < 1.29 is 9.53 Å². The summed E-state index contributed by atoms with van der Waals surface area (Å²) in [6.07, 6.45) is 3.78. The van der Waals surface area contributed by atoms with Crippen LogP contribution in [0.5, 0.6) is 0 Å². The van der Waals surface area contributed by atoms with E-state index in [2.05, 4.69) is 5.10 Å². The minimum Gasteiger partial charge on any atom is -0.442 e. The van der Waals surface area contributed by atoms with Gasteiger partial charge >= 0.3 is 5.97 Å². The lowest BCUT2D eigenvalue weighted by Gasteiger charge is -2.01. The highest BCUT2D eigenvalue weighted by molar-refractivity contribution is 5.68. The first-order valence-electron chi connectivity index (χ1n) is 3.46. The third kappa shape index (κ3) is 2.41. The van der Waals surface area contributed by atoms with Gasteiger partial charge in [-0.05, 0) is 6.07 Å². The third-order valence-electron chi connectivity index (χ3n) is 1.21. The molecule has 0 fully saturated rings. The molecular weight excluding hydrogens is 144 g/mol. The van der Waals surface area contributed by atoms with Crippen molar-refractivity contribution in [3.63, 3.8) is 0 Å². The zero-order valence-corrected chi connectivity index (χ0v) is 6.36. The minimum atomic E-state index is -0.208. The topological polar surface area (TPSA) is 44.1 Å². The van der Waals surface area contributed by atoms with Crippen LogP contribution in [0.15, 0.2) is 18.5 Å². The van der Waals surface area contributed by atoms with Crippen LogP contribution >= 0.6 is 0 Å². The zero-order valence-electron chi connectivity index (χ0n) is 6.36. The summed E-state index contributed by atoms with van der Waals surface area (Å²) in [7, 11) is 0. The number of hydrogen-bond donors (Lipinski definition) is 0. The first-order chi connectivity index (χ1) is 5.33. The Hall–Kier alpha value is -1.32. The fourth-order valence-electron chi connectivity index (χ4n) is 0.617. The molecular formula is C7H10N2O2. The smallest absolute Gasteiger partial charge is 0.307 e. The van der Waals surface area contributed by atoms with Crippen LogP contribution in [-0.2, 0) is 16.3 Å². The Balaban J connectivity index is 2.29. The van der Waals surface area contributed by atoms with Gasteiger partial charge in [0.2, 0.25) is 0 Å². The average Bonchev–Trinajstić information content (AvgIpc) is 2.52. The molecule has 0 aliphatic rings. The largest absolute Gasteiger partial charge is 0.442 e. The van der Waals surface area contributed by atoms with E-state index in [1.807, 2.05) is 0 Å². The maximum absolute atomic E-state index is 10.6. The van der Waals surface area contributed by atoms with E-state index in [1.165, 1.54) is 0 Å². The average molecular weight is 154 g/mol. The van der Waals surface area contributed by atoms with Crippen molar-refractivity contribution in [1.29, 1.82) is 0 Å². The summed E-state index contributed by atoms with van der Waals surface area (Å²) in [5.74, 6) is -0.208. The number of nitrogens with zero attached hydrogens (tertiary/aromatic N) is 2. The number of esters is 1. The summed E-state index contributed by atoms with van der Waals surface area (Å²) in [5, 5.41) is 3.86. The highest BCUT2D eigenvalue weighted by Gasteiger charge is 1.96. The molecule has 0 radical (unpaired) electrons. The second-order valence-corrected chi connectivity index (χ2v) is 2.04. The second-order valence-electron chi connectivity index (χ2n) is 2.04. The molecule has 1 heterocycles. The molecule has 0 saturated carbocycles. The predicted molar refractivity (Wildman–Crippen MR) is 38.6 cm³/mol. The van der Waals surface area contributed by atoms with Gasteiger partial charge in [-0.25, -0.2) is 4.68 Å². The van der Waals surface area contributed by atoms with Gasteiger partial charge in [-0.1, -0.05) is 6.92 Å². The van der Waals surface area contributed by atoms with Crippen LogP contribution in [0.4, 0.5) is 0 Å². The van der Waals surface area contributed by atoms with Gasteiger partial charge in [-0.2, -0.15) is 5.10 Å². The lowest BCUT2D eigenvalue weighted by Crippen LogP contribution is -2.08. The normalized spacial score (nSPS) is 9.55. The molecule has 0 aliphatic carbocycles. The van der Waals surface area contributed by atoms with E-state index in [0.717, 1.165) is 0 Å². The highest BCUT2D eigenvalue weighted by atomic mass is 16.5. The number of rotatable bonds is 3. The third-order valence-corrected chi connectivity index (χ3v) is 1.21. The van der Waals surface area contributed by atoms with Gasteiger partial charge in [0.05, 0.1) is 0 Å². The monoisotopic (exact) mass is 154 g/mol. The Bertz CT molecular complexity index is 218. The van der Waals surface area contributed by atoms with Gasteiger partial charge in [0.25, 0.3) is 0 Å². The molecule has 11 heavy (non-hydrogen) atoms. The highest BCUT2D eigenvalue weighted by Crippen LogP contribution is 1.89. The Kier molecular flexibility index (Phi) is 2.66. The predicted octanol–water partition coefficient (Wildman–Crippen LogP) is 0.794. The Morgan fingerprint density at radius 1 is 1.73 bits per heavy atom. The summed E-state index contributed by atoms with van der Waals surface area (Å²) in [4.78, 5) is 10.6. The summed E-state index contributed by atoms with van der Waals surface area (Å²) < 4.78 is 6.35. The molecule has 60 valence electrons. The SMILES string of the molecule is CCC(=O)OCn1cccn1. The number of carbonyl (C=O) groups excluding carboxylic acids is 1. The first-order valence-corrected chi connectivity index (χ1v) is 3.46. The molecule has 0 N–H and O–H groups in total. The van der Waals surface area contributed by atoms with E-state index in [4.69, 9.17) is 4.74 Å². The number of ether oxygens (including phenoxy) is 1. The standard InChI is InChI=1S/C7H10N2O2/c1-2-7(10)11-6-9-5-3-4-8-9/h3-5H,2,6H2,1H3. The van der Waals surface area contributed by atoms with Gasteiger partial charge in [0.15, 0.2) is 6.73 Å². The summed E-state index contributed by atoms with van der Waals surface area (Å²) in [6, 6.07) is 1.78. The van der Waals surface area contributed by atoms with Crippen molar-refractivity contribution in [1.82, 2.24) is 9.78 Å². The molecule has 0 bridgehead atoms. The van der Waals surface area contributed by atoms with E-state index in [1.54, 1.807) is 30.1 Å². The Morgan fingerprint density at radius 3 is 3.09 bits per heavy atom. The van der Waals surface area contributed by atoms with E-state index in [-0.39, 0.29) is 12.7 Å². The lowest BCUT2D eigenvalue weighted by molar-refractivity contribution is -0.147. The van der Waals surface area contributed by atoms with Crippen LogP contribution in [0.25, 0.3) is 0 Å². The minimum absolute atomic E-state index is 0.208. The van der Waals surface area contributed by atoms with Gasteiger partial charge in [-0.3, -0.25) is 4.79 Å². The van der Waals surface area contributed by atoms with Crippen molar-refractivity contribution >= 4 is 5.97 Å². The van der Waals surface area contributed by atoms with E-state index in [9.17, 15) is 4.79 Å². The maximum Gasteiger partial charge on any atom is 0.307 e. The number of carbonyl (C=O) groups is 1. The van der Waals surface area contributed by atoms with Crippen molar-refractivity contribution in [3.8, 4) is 0 Å². The molecule has 0 spiro atoms. The van der Waals surface area contributed by atoms with E-state index in [0.29, 0.717) is 6.42 Å². The fourth-order valence-corrected chi connectivity index (χ4v) is 0.617. The van der Waals surface area contributed by atoms with Crippen molar-refractivity contribution in [2.24, 2.45) is 0 Å². The molecule has 0 aromatic carbocycles. The fraction of sp³-hybridized carbons (Fsp3) is 0.429. The summed E-state index contributed by atoms with van der Waals surface area (Å²) >= 11 is 0. The van der Waals surface area contributed by atoms with Crippen LogP contribution in [0.2, 0.25) is 0 Å². The molecule has 1 rings (SSSR count). The zero-order chi connectivity index (χ0) is 8.10. The molecule has 1 aromatic rings. The van der Waals surface area contributed by atoms with Crippen molar-refractivity contribution in [3.05, 3.63) is 18.5 Å². The van der Waals surface area contributed by atoms with Crippen LogP contribution < -0.4 is 0 Å². The second kappa shape index (κ2) is 3.75. The molecule has 0 aliphatic heterocycles. The van der Waals surface area contributed by atoms with Crippen LogP contribution in [0.1, 0.15) is 13.3 Å². The molecule has 0 amide bonds. The van der Waals surface area contributed by atoms with Crippen LogP contribution in [-0.4, -0.2) is 15.7 Å². The van der Waals surface area contributed by atoms with Crippen LogP contribution in [0, 0.1) is 0 Å². The number of aromatic nitrogens is 2. The van der Waals surface area contributed by atoms with Crippen molar-refractivity contribution in [2.45, 2.75) is 20.1 Å². The molecule has 0 saturated heterocycles. The molecule has 0 unspecified atom stereocenters. The van der Waals surface area contributed by atoms with Gasteiger partial charge in [0, 0.05) is 18.8 Å². The van der Waals surface area contributed by atoms with E-state index < -0.39 is 0 Å². The molecule has 1 aromatic heterocycles. The maximum atomic E-state index is 10.6. The van der Waals surface area contributed by atoms with E-state index >= 15 is 0 Å². The van der Waals surface area contributed by atoms with Gasteiger partial charge < -0.3 is 4.74 Å². The van der Waals surface area contributed by atoms with Gasteiger partial charge in [0.1, 0.15) is 0 Å². The van der Waals surface area contributed by atoms with Crippen LogP contribution in [0.3, 0.4) is 0 Å². The molecule has 0 atom stereocenters. The Morgan fingerprint density at radius 2 is 2.55 bits per heavy atom. The number of hydrogen-bond acceptors (Lipinski definition) is 3. The molecule has 4 heteroatoms. The summed E-state index contributed by atoms with van der Waals surface area (Å²) in [6.45, 7) is 1.96. The van der Waals surface area contributed by atoms with Crippen molar-refractivity contribution in [2.75, 3.05) is 0 Å². The quantitative estimate of drug-likeness (QED) is 0.604. The first kappa shape index (κ1) is 7.78. The Labute approximate surface area is 64.8 Å². The van der Waals surface area contributed by atoms with Gasteiger partial charge in [-0.15, -0.1) is 0 Å². The summed E-state index contributed by atoms with van der Waals surface area (Å²) in [5.41, 5.74) is 0. The lowest BCUT2D eigenvalue weighted by atomic mass is 10.5. The molecule has 4 nitrogen and oxygen atoms in total.